The topological polar surface area (TPSA) is 12.9 Å². The van der Waals surface area contributed by atoms with Crippen LogP contribution in [0, 0.1) is 0 Å². The van der Waals surface area contributed by atoms with Crippen LogP contribution >= 0.6 is 7.92 Å². The average molecular weight is 464 g/mol. The van der Waals surface area contributed by atoms with Gasteiger partial charge in [-0.3, -0.25) is 4.98 Å². The van der Waals surface area contributed by atoms with Gasteiger partial charge in [-0.15, -0.1) is 0 Å². The molecule has 0 aliphatic heterocycles. The third-order valence-electron chi connectivity index (χ3n) is 6.85. The molecule has 1 aromatic heterocycles. The summed E-state index contributed by atoms with van der Waals surface area (Å²) in [6.07, 6.45) is 2.06. The normalized spacial score (nSPS) is 11.7. The lowest BCUT2D eigenvalue weighted by molar-refractivity contribution is 1.39. The number of hydrogen-bond donors (Lipinski definition) is 0. The van der Waals surface area contributed by atoms with Crippen molar-refractivity contribution in [1.29, 1.82) is 0 Å². The zero-order chi connectivity index (χ0) is 23.2. The molecule has 0 atom stereocenters. The summed E-state index contributed by atoms with van der Waals surface area (Å²) in [5.74, 6) is 0. The fraction of sp³-hybridized carbons (Fsp3) is 0. The first-order valence-electron chi connectivity index (χ1n) is 11.9. The molecule has 0 saturated heterocycles. The Hall–Kier alpha value is -4.06. The van der Waals surface area contributed by atoms with Gasteiger partial charge < -0.3 is 0 Å². The summed E-state index contributed by atoms with van der Waals surface area (Å²) < 4.78 is 0. The molecule has 0 aliphatic rings. The molecule has 0 N–H and O–H groups in total. The predicted octanol–water partition coefficient (Wildman–Crippen LogP) is 7.40. The molecule has 1 nitrogen and oxygen atoms in total. The van der Waals surface area contributed by atoms with Crippen molar-refractivity contribution in [2.24, 2.45) is 0 Å². The van der Waals surface area contributed by atoms with Gasteiger partial charge in [0.15, 0.2) is 0 Å². The molecule has 0 aliphatic carbocycles. The van der Waals surface area contributed by atoms with E-state index in [1.54, 1.807) is 0 Å². The summed E-state index contributed by atoms with van der Waals surface area (Å²) in [6.45, 7) is 0. The van der Waals surface area contributed by atoms with Crippen molar-refractivity contribution in [3.63, 3.8) is 0 Å². The number of aromatic nitrogens is 1. The Morgan fingerprint density at radius 3 is 1.69 bits per heavy atom. The lowest BCUT2D eigenvalue weighted by Gasteiger charge is -2.19. The molecular formula is C33H22NP. The van der Waals surface area contributed by atoms with E-state index in [0.29, 0.717) is 0 Å². The van der Waals surface area contributed by atoms with Crippen LogP contribution in [0.4, 0.5) is 0 Å². The highest BCUT2D eigenvalue weighted by atomic mass is 31.1. The minimum Gasteiger partial charge on any atom is -0.255 e. The molecule has 7 rings (SSSR count). The van der Waals surface area contributed by atoms with Crippen LogP contribution in [-0.4, -0.2) is 4.98 Å². The van der Waals surface area contributed by atoms with E-state index in [-0.39, 0.29) is 0 Å². The molecule has 0 unspecified atom stereocenters. The largest absolute Gasteiger partial charge is 0.255 e. The van der Waals surface area contributed by atoms with Gasteiger partial charge in [0.1, 0.15) is 0 Å². The smallest absolute Gasteiger partial charge is 0.0721 e. The second-order valence-corrected chi connectivity index (χ2v) is 11.0. The number of rotatable bonds is 4. The van der Waals surface area contributed by atoms with Crippen LogP contribution in [0.2, 0.25) is 0 Å². The van der Waals surface area contributed by atoms with Crippen LogP contribution in [0.1, 0.15) is 0 Å². The van der Waals surface area contributed by atoms with Crippen molar-refractivity contribution in [2.75, 3.05) is 0 Å². The SMILES string of the molecule is c1ccc(P(c2ccccc2)c2ccc(-c3ccc4ccc5cccc6ccc3c4c56)cn2)cc1. The standard InChI is InChI=1S/C33H22NP/c1-3-10-27(11-4-1)35(28-12-5-2-6-13-28)31-21-18-26(22-34-31)29-19-16-25-15-14-23-8-7-9-24-17-20-30(29)33(25)32(23)24/h1-22H. The van der Waals surface area contributed by atoms with Crippen molar-refractivity contribution in [3.8, 4) is 11.1 Å². The maximum atomic E-state index is 5.05. The molecule has 0 spiro atoms. The summed E-state index contributed by atoms with van der Waals surface area (Å²) in [5.41, 5.74) is 3.51. The van der Waals surface area contributed by atoms with Gasteiger partial charge in [0.05, 0.1) is 5.44 Å². The third-order valence-corrected chi connectivity index (χ3v) is 9.20. The Balaban J connectivity index is 1.38. The van der Waals surface area contributed by atoms with E-state index in [9.17, 15) is 0 Å². The van der Waals surface area contributed by atoms with Gasteiger partial charge in [-0.1, -0.05) is 121 Å². The second-order valence-electron chi connectivity index (χ2n) is 8.88. The van der Waals surface area contributed by atoms with E-state index in [4.69, 9.17) is 4.98 Å². The first kappa shape index (κ1) is 20.3. The van der Waals surface area contributed by atoms with Gasteiger partial charge in [0, 0.05) is 19.7 Å². The van der Waals surface area contributed by atoms with Gasteiger partial charge in [-0.2, -0.15) is 0 Å². The Labute approximate surface area is 205 Å². The highest BCUT2D eigenvalue weighted by Crippen LogP contribution is 2.39. The minimum atomic E-state index is -0.706. The second kappa shape index (κ2) is 8.31. The van der Waals surface area contributed by atoms with Crippen molar-refractivity contribution >= 4 is 56.3 Å². The fourth-order valence-corrected chi connectivity index (χ4v) is 7.40. The van der Waals surface area contributed by atoms with E-state index in [1.807, 2.05) is 0 Å². The van der Waals surface area contributed by atoms with Crippen LogP contribution < -0.4 is 16.0 Å². The van der Waals surface area contributed by atoms with E-state index >= 15 is 0 Å². The zero-order valence-corrected chi connectivity index (χ0v) is 20.0. The third kappa shape index (κ3) is 3.40. The molecule has 2 heteroatoms. The number of benzene rings is 6. The maximum absolute atomic E-state index is 5.05. The van der Waals surface area contributed by atoms with E-state index in [1.165, 1.54) is 48.5 Å². The molecule has 7 aromatic rings. The van der Waals surface area contributed by atoms with Crippen molar-refractivity contribution in [2.45, 2.75) is 0 Å². The Bertz CT molecular complexity index is 1720. The number of hydrogen-bond acceptors (Lipinski definition) is 1. The van der Waals surface area contributed by atoms with E-state index < -0.39 is 7.92 Å². The van der Waals surface area contributed by atoms with E-state index in [2.05, 4.69) is 134 Å². The molecule has 0 fully saturated rings. The monoisotopic (exact) mass is 463 g/mol. The predicted molar refractivity (Wildman–Crippen MR) is 152 cm³/mol. The molecule has 35 heavy (non-hydrogen) atoms. The van der Waals surface area contributed by atoms with Crippen LogP contribution in [-0.2, 0) is 0 Å². The molecule has 0 bridgehead atoms. The summed E-state index contributed by atoms with van der Waals surface area (Å²) in [4.78, 5) is 5.05. The van der Waals surface area contributed by atoms with Gasteiger partial charge >= 0.3 is 0 Å². The highest BCUT2D eigenvalue weighted by molar-refractivity contribution is 7.79. The minimum absolute atomic E-state index is 0.706. The first-order valence-corrected chi connectivity index (χ1v) is 13.2. The van der Waals surface area contributed by atoms with Crippen LogP contribution in [0.25, 0.3) is 43.4 Å². The first-order chi connectivity index (χ1) is 17.4. The van der Waals surface area contributed by atoms with Gasteiger partial charge in [-0.05, 0) is 54.6 Å². The van der Waals surface area contributed by atoms with E-state index in [0.717, 1.165) is 11.0 Å². The van der Waals surface area contributed by atoms with Gasteiger partial charge in [0.25, 0.3) is 0 Å². The van der Waals surface area contributed by atoms with Crippen LogP contribution in [0.15, 0.2) is 134 Å². The summed E-state index contributed by atoms with van der Waals surface area (Å²) in [7, 11) is -0.706. The zero-order valence-electron chi connectivity index (χ0n) is 19.1. The highest BCUT2D eigenvalue weighted by Gasteiger charge is 2.18. The lowest BCUT2D eigenvalue weighted by atomic mass is 9.90. The number of pyridine rings is 1. The molecule has 0 amide bonds. The van der Waals surface area contributed by atoms with Crippen LogP contribution in [0.3, 0.4) is 0 Å². The Morgan fingerprint density at radius 2 is 1.06 bits per heavy atom. The fourth-order valence-electron chi connectivity index (χ4n) is 5.23. The molecule has 0 saturated carbocycles. The van der Waals surface area contributed by atoms with Crippen molar-refractivity contribution in [3.05, 3.63) is 134 Å². The van der Waals surface area contributed by atoms with Gasteiger partial charge in [0.2, 0.25) is 0 Å². The maximum Gasteiger partial charge on any atom is 0.0721 e. The molecule has 164 valence electrons. The van der Waals surface area contributed by atoms with Crippen LogP contribution in [0.5, 0.6) is 0 Å². The average Bonchev–Trinajstić information content (AvgIpc) is 2.93. The quantitative estimate of drug-likeness (QED) is 0.196. The Morgan fingerprint density at radius 1 is 0.457 bits per heavy atom. The lowest BCUT2D eigenvalue weighted by Crippen LogP contribution is -2.22. The summed E-state index contributed by atoms with van der Waals surface area (Å²) in [5, 5.41) is 10.5. The molecule has 6 aromatic carbocycles. The Kier molecular flexibility index (Phi) is 4.82. The summed E-state index contributed by atoms with van der Waals surface area (Å²) in [6, 6.07) is 46.0. The van der Waals surface area contributed by atoms with Crippen molar-refractivity contribution in [1.82, 2.24) is 4.98 Å². The molecule has 1 heterocycles. The van der Waals surface area contributed by atoms with Gasteiger partial charge in [-0.25, -0.2) is 0 Å². The molecular weight excluding hydrogens is 441 g/mol. The van der Waals surface area contributed by atoms with Crippen molar-refractivity contribution < 1.29 is 0 Å². The molecule has 0 radical (unpaired) electrons. The number of nitrogens with zero attached hydrogens (tertiary/aromatic N) is 1. The summed E-state index contributed by atoms with van der Waals surface area (Å²) >= 11 is 0.